The molecule has 28 heavy (non-hydrogen) atoms. The second-order valence-electron chi connectivity index (χ2n) is 6.96. The number of aromatic amines is 1. The van der Waals surface area contributed by atoms with Crippen LogP contribution in [0, 0.1) is 0 Å². The average Bonchev–Trinajstić information content (AvgIpc) is 3.09. The Kier molecular flexibility index (Phi) is 3.94. The van der Waals surface area contributed by atoms with Crippen molar-refractivity contribution >= 4 is 28.4 Å². The zero-order valence-corrected chi connectivity index (χ0v) is 15.2. The minimum atomic E-state index is -0.205. The summed E-state index contributed by atoms with van der Waals surface area (Å²) in [6, 6.07) is 13.9. The van der Waals surface area contributed by atoms with E-state index >= 15 is 0 Å². The van der Waals surface area contributed by atoms with Crippen LogP contribution in [0.25, 0.3) is 16.7 Å². The number of nitrogen functional groups attached to an aromatic ring is 1. The molecule has 0 atom stereocenters. The number of nitrogens with zero attached hydrogens (tertiary/aromatic N) is 6. The van der Waals surface area contributed by atoms with E-state index in [0.29, 0.717) is 18.0 Å². The lowest BCUT2D eigenvalue weighted by Gasteiger charge is -2.35. The van der Waals surface area contributed by atoms with Crippen LogP contribution in [0.5, 0.6) is 0 Å². The molecule has 0 aliphatic carbocycles. The molecule has 0 radical (unpaired) electrons. The molecule has 4 aromatic rings. The standard InChI is InChI=1S/C19H20N8O/c20-18-23-19-21-14(11-17(28)27(19)24-18)12-25-7-9-26(10-8-25)16-6-5-13-3-1-2-4-15(13)22-16/h1-6,11H,7-10,12H2,(H3,20,21,23,24). The molecule has 3 N–H and O–H groups in total. The number of benzene rings is 1. The van der Waals surface area contributed by atoms with Gasteiger partial charge in [-0.15, -0.1) is 0 Å². The molecule has 0 amide bonds. The van der Waals surface area contributed by atoms with Gasteiger partial charge >= 0.3 is 0 Å². The Balaban J connectivity index is 1.28. The lowest BCUT2D eigenvalue weighted by Crippen LogP contribution is -2.46. The Morgan fingerprint density at radius 1 is 1.00 bits per heavy atom. The second-order valence-corrected chi connectivity index (χ2v) is 6.96. The molecule has 9 nitrogen and oxygen atoms in total. The van der Waals surface area contributed by atoms with Gasteiger partial charge in [-0.1, -0.05) is 18.2 Å². The van der Waals surface area contributed by atoms with Crippen LogP contribution in [0.1, 0.15) is 5.69 Å². The zero-order valence-electron chi connectivity index (χ0n) is 15.2. The third-order valence-corrected chi connectivity index (χ3v) is 5.07. The van der Waals surface area contributed by atoms with Crippen molar-refractivity contribution in [2.75, 3.05) is 36.8 Å². The number of hydrogen-bond acceptors (Lipinski definition) is 7. The summed E-state index contributed by atoms with van der Waals surface area (Å²) in [4.78, 5) is 30.0. The molecule has 0 unspecified atom stereocenters. The molecular formula is C19H20N8O. The number of para-hydroxylation sites is 1. The fourth-order valence-corrected chi connectivity index (χ4v) is 3.62. The Morgan fingerprint density at radius 2 is 1.82 bits per heavy atom. The fourth-order valence-electron chi connectivity index (χ4n) is 3.62. The van der Waals surface area contributed by atoms with Crippen molar-refractivity contribution < 1.29 is 0 Å². The van der Waals surface area contributed by atoms with E-state index in [1.165, 1.54) is 10.6 Å². The van der Waals surface area contributed by atoms with E-state index in [9.17, 15) is 4.79 Å². The van der Waals surface area contributed by atoms with Crippen LogP contribution in [-0.4, -0.2) is 55.6 Å². The molecule has 5 rings (SSSR count). The van der Waals surface area contributed by atoms with Gasteiger partial charge in [0.2, 0.25) is 5.95 Å². The van der Waals surface area contributed by atoms with Gasteiger partial charge in [-0.25, -0.2) is 9.97 Å². The number of piperazine rings is 1. The van der Waals surface area contributed by atoms with Crippen LogP contribution in [0.15, 0.2) is 47.3 Å². The fraction of sp³-hybridized carbons (Fsp3) is 0.263. The highest BCUT2D eigenvalue weighted by molar-refractivity contribution is 5.80. The number of nitrogens with two attached hydrogens (primary N) is 1. The molecule has 9 heteroatoms. The summed E-state index contributed by atoms with van der Waals surface area (Å²) in [6.07, 6.45) is 0. The molecule has 1 aromatic carbocycles. The van der Waals surface area contributed by atoms with E-state index in [0.717, 1.165) is 42.9 Å². The highest BCUT2D eigenvalue weighted by Gasteiger charge is 2.19. The maximum absolute atomic E-state index is 12.2. The molecule has 1 aliphatic rings. The van der Waals surface area contributed by atoms with Gasteiger partial charge in [-0.2, -0.15) is 9.50 Å². The molecular weight excluding hydrogens is 356 g/mol. The summed E-state index contributed by atoms with van der Waals surface area (Å²) < 4.78 is 1.25. The van der Waals surface area contributed by atoms with E-state index in [-0.39, 0.29) is 11.5 Å². The molecule has 142 valence electrons. The van der Waals surface area contributed by atoms with Gasteiger partial charge in [-0.05, 0) is 18.2 Å². The maximum atomic E-state index is 12.2. The number of anilines is 2. The highest BCUT2D eigenvalue weighted by Crippen LogP contribution is 2.19. The third-order valence-electron chi connectivity index (χ3n) is 5.07. The number of pyridine rings is 1. The number of nitrogens with one attached hydrogen (secondary N) is 1. The number of H-pyrrole nitrogens is 1. The monoisotopic (exact) mass is 376 g/mol. The van der Waals surface area contributed by atoms with Crippen LogP contribution in [0.3, 0.4) is 0 Å². The Morgan fingerprint density at radius 3 is 2.68 bits per heavy atom. The van der Waals surface area contributed by atoms with Gasteiger partial charge < -0.3 is 10.6 Å². The zero-order chi connectivity index (χ0) is 19.1. The maximum Gasteiger partial charge on any atom is 0.274 e. The van der Waals surface area contributed by atoms with Crippen molar-refractivity contribution in [2.45, 2.75) is 6.54 Å². The van der Waals surface area contributed by atoms with Crippen LogP contribution in [-0.2, 0) is 6.54 Å². The first-order valence-electron chi connectivity index (χ1n) is 9.23. The summed E-state index contributed by atoms with van der Waals surface area (Å²) in [6.45, 7) is 4.11. The SMILES string of the molecule is Nc1nc2nc(CN3CCN(c4ccc5ccccc5n4)CC3)cc(=O)n2[nH]1. The van der Waals surface area contributed by atoms with Crippen molar-refractivity contribution in [1.29, 1.82) is 0 Å². The van der Waals surface area contributed by atoms with E-state index in [4.69, 9.17) is 10.7 Å². The normalized spacial score (nSPS) is 15.5. The third kappa shape index (κ3) is 3.05. The Bertz CT molecular complexity index is 1210. The topological polar surface area (TPSA) is 108 Å². The van der Waals surface area contributed by atoms with Crippen LogP contribution in [0.2, 0.25) is 0 Å². The predicted octanol–water partition coefficient (Wildman–Crippen LogP) is 0.870. The molecule has 4 heterocycles. The lowest BCUT2D eigenvalue weighted by molar-refractivity contribution is 0.246. The van der Waals surface area contributed by atoms with Crippen molar-refractivity contribution in [3.8, 4) is 0 Å². The molecule has 0 saturated carbocycles. The van der Waals surface area contributed by atoms with Crippen molar-refractivity contribution in [3.63, 3.8) is 0 Å². The molecule has 1 fully saturated rings. The number of rotatable bonds is 3. The van der Waals surface area contributed by atoms with Crippen LogP contribution in [0.4, 0.5) is 11.8 Å². The first-order chi connectivity index (χ1) is 13.7. The van der Waals surface area contributed by atoms with Gasteiger partial charge in [0.1, 0.15) is 5.82 Å². The number of fused-ring (bicyclic) bond motifs is 2. The van der Waals surface area contributed by atoms with Crippen molar-refractivity contribution in [3.05, 3.63) is 58.5 Å². The Hall–Kier alpha value is -3.46. The largest absolute Gasteiger partial charge is 0.368 e. The van der Waals surface area contributed by atoms with Gasteiger partial charge in [0, 0.05) is 44.2 Å². The first-order valence-corrected chi connectivity index (χ1v) is 9.23. The van der Waals surface area contributed by atoms with Gasteiger partial charge in [0.25, 0.3) is 11.3 Å². The van der Waals surface area contributed by atoms with Crippen LogP contribution >= 0.6 is 0 Å². The number of aromatic nitrogens is 5. The summed E-state index contributed by atoms with van der Waals surface area (Å²) in [5.74, 6) is 1.49. The van der Waals surface area contributed by atoms with Gasteiger partial charge in [0.05, 0.1) is 11.2 Å². The van der Waals surface area contributed by atoms with Gasteiger partial charge in [-0.3, -0.25) is 14.8 Å². The summed E-state index contributed by atoms with van der Waals surface area (Å²) in [7, 11) is 0. The lowest BCUT2D eigenvalue weighted by atomic mass is 10.2. The Labute approximate surface area is 160 Å². The quantitative estimate of drug-likeness (QED) is 0.546. The van der Waals surface area contributed by atoms with E-state index in [2.05, 4.69) is 43.1 Å². The molecule has 1 saturated heterocycles. The average molecular weight is 376 g/mol. The highest BCUT2D eigenvalue weighted by atomic mass is 16.1. The molecule has 1 aliphatic heterocycles. The summed E-state index contributed by atoms with van der Waals surface area (Å²) in [5.41, 5.74) is 7.12. The molecule has 0 spiro atoms. The summed E-state index contributed by atoms with van der Waals surface area (Å²) in [5, 5.41) is 3.82. The van der Waals surface area contributed by atoms with E-state index in [1.54, 1.807) is 0 Å². The second kappa shape index (κ2) is 6.61. The predicted molar refractivity (Wildman–Crippen MR) is 107 cm³/mol. The van der Waals surface area contributed by atoms with E-state index < -0.39 is 0 Å². The van der Waals surface area contributed by atoms with Crippen LogP contribution < -0.4 is 16.2 Å². The minimum Gasteiger partial charge on any atom is -0.368 e. The number of hydrogen-bond donors (Lipinski definition) is 2. The molecule has 0 bridgehead atoms. The van der Waals surface area contributed by atoms with Crippen molar-refractivity contribution in [2.24, 2.45) is 0 Å². The molecule has 3 aromatic heterocycles. The van der Waals surface area contributed by atoms with E-state index in [1.807, 2.05) is 18.2 Å². The smallest absolute Gasteiger partial charge is 0.274 e. The summed E-state index contributed by atoms with van der Waals surface area (Å²) >= 11 is 0. The first kappa shape index (κ1) is 16.7. The minimum absolute atomic E-state index is 0.179. The van der Waals surface area contributed by atoms with Gasteiger partial charge in [0.15, 0.2) is 0 Å². The van der Waals surface area contributed by atoms with Crippen molar-refractivity contribution in [1.82, 2.24) is 29.5 Å².